The second-order valence-electron chi connectivity index (χ2n) is 3.22. The highest BCUT2D eigenvalue weighted by Gasteiger charge is 2.03. The predicted octanol–water partition coefficient (Wildman–Crippen LogP) is 3.43. The van der Waals surface area contributed by atoms with Gasteiger partial charge in [-0.05, 0) is 17.7 Å². The molecule has 1 rings (SSSR count). The summed E-state index contributed by atoms with van der Waals surface area (Å²) in [6, 6.07) is 7.48. The molecule has 1 aromatic rings. The number of benzene rings is 1. The summed E-state index contributed by atoms with van der Waals surface area (Å²) in [6.07, 6.45) is 1.69. The number of halogens is 1. The maximum Gasteiger partial charge on any atom is 0.161 e. The highest BCUT2D eigenvalue weighted by atomic mass is 35.5. The molecule has 2 nitrogen and oxygen atoms in total. The maximum absolute atomic E-state index is 5.62. The summed E-state index contributed by atoms with van der Waals surface area (Å²) in [4.78, 5) is 0. The second kappa shape index (κ2) is 6.96. The van der Waals surface area contributed by atoms with Crippen LogP contribution in [-0.4, -0.2) is 19.1 Å². The van der Waals surface area contributed by atoms with Crippen molar-refractivity contribution in [2.24, 2.45) is 0 Å². The van der Waals surface area contributed by atoms with Gasteiger partial charge in [-0.25, -0.2) is 0 Å². The Morgan fingerprint density at radius 1 is 1.25 bits per heavy atom. The molecule has 0 heterocycles. The molecule has 0 aliphatic carbocycles. The van der Waals surface area contributed by atoms with Crippen molar-refractivity contribution in [3.63, 3.8) is 0 Å². The van der Waals surface area contributed by atoms with Crippen LogP contribution in [0.2, 0.25) is 0 Å². The Morgan fingerprint density at radius 3 is 2.44 bits per heavy atom. The van der Waals surface area contributed by atoms with Gasteiger partial charge in [0, 0.05) is 5.88 Å². The van der Waals surface area contributed by atoms with Gasteiger partial charge in [-0.15, -0.1) is 11.6 Å². The van der Waals surface area contributed by atoms with Crippen LogP contribution in [0.25, 0.3) is 0 Å². The van der Waals surface area contributed by atoms with E-state index >= 15 is 0 Å². The fraction of sp³-hybridized carbons (Fsp3) is 0.231. The smallest absolute Gasteiger partial charge is 0.161 e. The lowest BCUT2D eigenvalue weighted by molar-refractivity contribution is 0.303. The molecule has 0 bridgehead atoms. The molecule has 0 saturated carbocycles. The average molecular weight is 239 g/mol. The number of hydrogen-bond donors (Lipinski definition) is 0. The largest absolute Gasteiger partial charge is 0.486 e. The summed E-state index contributed by atoms with van der Waals surface area (Å²) in [5.74, 6) is 1.79. The number of rotatable bonds is 7. The zero-order chi connectivity index (χ0) is 11.8. The molecule has 86 valence electrons. The molecular formula is C13H15ClO2. The summed E-state index contributed by atoms with van der Waals surface area (Å²) < 4.78 is 11.0. The summed E-state index contributed by atoms with van der Waals surface area (Å²) in [5.41, 5.74) is 0.834. The van der Waals surface area contributed by atoms with E-state index in [0.717, 1.165) is 5.57 Å². The zero-order valence-corrected chi connectivity index (χ0v) is 9.87. The fourth-order valence-corrected chi connectivity index (χ4v) is 1.13. The van der Waals surface area contributed by atoms with Crippen LogP contribution < -0.4 is 9.47 Å². The van der Waals surface area contributed by atoms with Gasteiger partial charge in [0.1, 0.15) is 13.2 Å². The molecule has 0 radical (unpaired) electrons. The number of para-hydroxylation sites is 2. The SMILES string of the molecule is C=CCOc1ccccc1OCC(=C)CCl. The molecular weight excluding hydrogens is 224 g/mol. The third-order valence-corrected chi connectivity index (χ3v) is 2.20. The molecule has 0 spiro atoms. The van der Waals surface area contributed by atoms with E-state index in [4.69, 9.17) is 21.1 Å². The van der Waals surface area contributed by atoms with Gasteiger partial charge < -0.3 is 9.47 Å². The van der Waals surface area contributed by atoms with Crippen LogP contribution >= 0.6 is 11.6 Å². The van der Waals surface area contributed by atoms with Crippen LogP contribution in [0.15, 0.2) is 49.1 Å². The van der Waals surface area contributed by atoms with E-state index < -0.39 is 0 Å². The lowest BCUT2D eigenvalue weighted by Crippen LogP contribution is -2.03. The molecule has 0 fully saturated rings. The van der Waals surface area contributed by atoms with Crippen LogP contribution in [0.1, 0.15) is 0 Å². The summed E-state index contributed by atoms with van der Waals surface area (Å²) in [5, 5.41) is 0. The standard InChI is InChI=1S/C13H15ClO2/c1-3-8-15-12-6-4-5-7-13(12)16-10-11(2)9-14/h3-7H,1-2,8-10H2. The van der Waals surface area contributed by atoms with Crippen molar-refractivity contribution in [1.29, 1.82) is 0 Å². The van der Waals surface area contributed by atoms with Crippen LogP contribution in [0.4, 0.5) is 0 Å². The summed E-state index contributed by atoms with van der Waals surface area (Å²) in [7, 11) is 0. The minimum absolute atomic E-state index is 0.398. The first-order valence-corrected chi connectivity index (χ1v) is 5.49. The van der Waals surface area contributed by atoms with E-state index in [1.165, 1.54) is 0 Å². The van der Waals surface area contributed by atoms with E-state index in [1.807, 2.05) is 24.3 Å². The van der Waals surface area contributed by atoms with Gasteiger partial charge in [-0.2, -0.15) is 0 Å². The van der Waals surface area contributed by atoms with Crippen LogP contribution in [0, 0.1) is 0 Å². The topological polar surface area (TPSA) is 18.5 Å². The number of alkyl halides is 1. The Kier molecular flexibility index (Phi) is 5.51. The zero-order valence-electron chi connectivity index (χ0n) is 9.12. The molecule has 0 N–H and O–H groups in total. The lowest BCUT2D eigenvalue weighted by Gasteiger charge is -2.11. The molecule has 0 atom stereocenters. The molecule has 0 unspecified atom stereocenters. The molecule has 0 aliphatic heterocycles. The van der Waals surface area contributed by atoms with E-state index in [0.29, 0.717) is 30.6 Å². The van der Waals surface area contributed by atoms with E-state index in [1.54, 1.807) is 6.08 Å². The van der Waals surface area contributed by atoms with Gasteiger partial charge in [0.25, 0.3) is 0 Å². The molecule has 3 heteroatoms. The molecule has 0 saturated heterocycles. The van der Waals surface area contributed by atoms with Crippen molar-refractivity contribution in [3.8, 4) is 11.5 Å². The first kappa shape index (κ1) is 12.7. The monoisotopic (exact) mass is 238 g/mol. The Morgan fingerprint density at radius 2 is 1.88 bits per heavy atom. The Hall–Kier alpha value is -1.41. The first-order chi connectivity index (χ1) is 7.77. The third-order valence-electron chi connectivity index (χ3n) is 1.83. The molecule has 0 aliphatic rings. The lowest BCUT2D eigenvalue weighted by atomic mass is 10.3. The van der Waals surface area contributed by atoms with Crippen molar-refractivity contribution in [1.82, 2.24) is 0 Å². The van der Waals surface area contributed by atoms with Gasteiger partial charge in [-0.1, -0.05) is 31.4 Å². The van der Waals surface area contributed by atoms with E-state index in [9.17, 15) is 0 Å². The third kappa shape index (κ3) is 3.99. The normalized spacial score (nSPS) is 9.56. The van der Waals surface area contributed by atoms with Crippen molar-refractivity contribution in [2.75, 3.05) is 19.1 Å². The van der Waals surface area contributed by atoms with Gasteiger partial charge in [0.2, 0.25) is 0 Å². The molecule has 1 aromatic carbocycles. The van der Waals surface area contributed by atoms with Gasteiger partial charge in [0.15, 0.2) is 11.5 Å². The second-order valence-corrected chi connectivity index (χ2v) is 3.49. The Balaban J connectivity index is 2.63. The van der Waals surface area contributed by atoms with Gasteiger partial charge in [0.05, 0.1) is 0 Å². The van der Waals surface area contributed by atoms with Crippen molar-refractivity contribution >= 4 is 11.6 Å². The van der Waals surface area contributed by atoms with E-state index in [-0.39, 0.29) is 0 Å². The average Bonchev–Trinajstić information content (AvgIpc) is 2.34. The summed E-state index contributed by atoms with van der Waals surface area (Å²) >= 11 is 5.62. The number of hydrogen-bond acceptors (Lipinski definition) is 2. The van der Waals surface area contributed by atoms with Gasteiger partial charge in [-0.3, -0.25) is 0 Å². The quantitative estimate of drug-likeness (QED) is 0.535. The van der Waals surface area contributed by atoms with Gasteiger partial charge >= 0.3 is 0 Å². The number of ether oxygens (including phenoxy) is 2. The van der Waals surface area contributed by atoms with E-state index in [2.05, 4.69) is 13.2 Å². The Bertz CT molecular complexity index is 361. The first-order valence-electron chi connectivity index (χ1n) is 4.96. The highest BCUT2D eigenvalue weighted by Crippen LogP contribution is 2.26. The molecule has 0 aromatic heterocycles. The van der Waals surface area contributed by atoms with Crippen molar-refractivity contribution in [3.05, 3.63) is 49.1 Å². The Labute approximate surface area is 101 Å². The molecule has 0 amide bonds. The van der Waals surface area contributed by atoms with Crippen molar-refractivity contribution < 1.29 is 9.47 Å². The van der Waals surface area contributed by atoms with Crippen LogP contribution in [-0.2, 0) is 0 Å². The fourth-order valence-electron chi connectivity index (χ4n) is 1.06. The molecule has 16 heavy (non-hydrogen) atoms. The highest BCUT2D eigenvalue weighted by molar-refractivity contribution is 6.19. The minimum Gasteiger partial charge on any atom is -0.486 e. The maximum atomic E-state index is 5.62. The summed E-state index contributed by atoms with van der Waals surface area (Å²) in [6.45, 7) is 8.22. The van der Waals surface area contributed by atoms with Crippen LogP contribution in [0.5, 0.6) is 11.5 Å². The van der Waals surface area contributed by atoms with Crippen molar-refractivity contribution in [2.45, 2.75) is 0 Å². The van der Waals surface area contributed by atoms with Crippen LogP contribution in [0.3, 0.4) is 0 Å². The predicted molar refractivity (Wildman–Crippen MR) is 67.5 cm³/mol. The minimum atomic E-state index is 0.398.